The second-order valence-electron chi connectivity index (χ2n) is 3.23. The molecule has 0 aromatic heterocycles. The van der Waals surface area contributed by atoms with E-state index in [-0.39, 0.29) is 12.0 Å². The number of hydrogen-bond acceptors (Lipinski definition) is 2. The maximum absolute atomic E-state index is 11.1. The van der Waals surface area contributed by atoms with Crippen LogP contribution in [0.4, 0.5) is 0 Å². The van der Waals surface area contributed by atoms with E-state index >= 15 is 0 Å². The molecule has 0 aromatic rings. The molecule has 11 heavy (non-hydrogen) atoms. The van der Waals surface area contributed by atoms with Crippen molar-refractivity contribution in [2.75, 3.05) is 20.7 Å². The Bertz CT molecular complexity index is 161. The van der Waals surface area contributed by atoms with Crippen molar-refractivity contribution in [3.8, 4) is 0 Å². The van der Waals surface area contributed by atoms with Gasteiger partial charge in [0, 0.05) is 0 Å². The van der Waals surface area contributed by atoms with Gasteiger partial charge in [0.05, 0.1) is 20.6 Å². The lowest BCUT2D eigenvalue weighted by Gasteiger charge is -2.11. The van der Waals surface area contributed by atoms with Crippen LogP contribution in [0.25, 0.3) is 0 Å². The van der Waals surface area contributed by atoms with Crippen molar-refractivity contribution in [1.82, 2.24) is 0 Å². The zero-order chi connectivity index (χ0) is 8.43. The molecule has 3 atom stereocenters. The molecule has 4 heteroatoms. The van der Waals surface area contributed by atoms with Crippen molar-refractivity contribution in [1.29, 1.82) is 0 Å². The van der Waals surface area contributed by atoms with Gasteiger partial charge in [-0.25, -0.2) is 4.79 Å². The Hall–Kier alpha value is -0.610. The molecular formula is C7H16N2O2+2. The molecule has 1 aliphatic rings. The molecule has 1 unspecified atom stereocenters. The van der Waals surface area contributed by atoms with Gasteiger partial charge in [0.15, 0.2) is 6.04 Å². The van der Waals surface area contributed by atoms with E-state index in [0.717, 1.165) is 13.0 Å². The first-order valence-electron chi connectivity index (χ1n) is 3.88. The van der Waals surface area contributed by atoms with Gasteiger partial charge in [-0.2, -0.15) is 0 Å². The minimum absolute atomic E-state index is 0.0162. The minimum Gasteiger partial charge on any atom is -0.465 e. The van der Waals surface area contributed by atoms with Crippen LogP contribution in [0.3, 0.4) is 0 Å². The standard InChI is InChI=1S/C7H14N2O2/c1-9-4-5(8)3-6(9)7(10)11-2/h5-6H,3-4,8H2,1-2H3/p+2/t5-,6+/m1/s1. The van der Waals surface area contributed by atoms with Crippen LogP contribution in [0.2, 0.25) is 0 Å². The molecule has 1 rings (SSSR count). The molecule has 0 aliphatic carbocycles. The van der Waals surface area contributed by atoms with E-state index < -0.39 is 0 Å². The zero-order valence-corrected chi connectivity index (χ0v) is 7.09. The van der Waals surface area contributed by atoms with Crippen LogP contribution in [0, 0.1) is 0 Å². The smallest absolute Gasteiger partial charge is 0.364 e. The van der Waals surface area contributed by atoms with Gasteiger partial charge in [-0.3, -0.25) is 0 Å². The number of quaternary nitrogens is 2. The second-order valence-corrected chi connectivity index (χ2v) is 3.23. The minimum atomic E-state index is -0.103. The fourth-order valence-electron chi connectivity index (χ4n) is 1.66. The third kappa shape index (κ3) is 1.70. The summed E-state index contributed by atoms with van der Waals surface area (Å²) in [5.41, 5.74) is 3.93. The molecular weight excluding hydrogens is 144 g/mol. The lowest BCUT2D eigenvalue weighted by Crippen LogP contribution is -3.12. The van der Waals surface area contributed by atoms with Crippen molar-refractivity contribution >= 4 is 5.97 Å². The molecule has 0 bridgehead atoms. The first-order chi connectivity index (χ1) is 5.15. The number of hydrogen-bond donors (Lipinski definition) is 2. The largest absolute Gasteiger partial charge is 0.465 e. The van der Waals surface area contributed by atoms with E-state index in [1.54, 1.807) is 0 Å². The zero-order valence-electron chi connectivity index (χ0n) is 7.09. The number of nitrogens with one attached hydrogen (secondary N) is 1. The first-order valence-corrected chi connectivity index (χ1v) is 3.88. The summed E-state index contributed by atoms with van der Waals surface area (Å²) in [6, 6.07) is 0.418. The Morgan fingerprint density at radius 1 is 1.73 bits per heavy atom. The number of likely N-dealkylation sites (tertiary alicyclic amines) is 1. The Labute approximate surface area is 66.3 Å². The van der Waals surface area contributed by atoms with Gasteiger partial charge in [0.2, 0.25) is 0 Å². The molecule has 0 radical (unpaired) electrons. The van der Waals surface area contributed by atoms with Crippen molar-refractivity contribution in [3.63, 3.8) is 0 Å². The molecule has 4 nitrogen and oxygen atoms in total. The fourth-order valence-corrected chi connectivity index (χ4v) is 1.66. The number of methoxy groups -OCH3 is 1. The maximum Gasteiger partial charge on any atom is 0.364 e. The summed E-state index contributed by atoms with van der Waals surface area (Å²) >= 11 is 0. The Morgan fingerprint density at radius 3 is 2.73 bits per heavy atom. The molecule has 0 aromatic carbocycles. The molecule has 4 N–H and O–H groups in total. The van der Waals surface area contributed by atoms with Crippen molar-refractivity contribution in [2.24, 2.45) is 0 Å². The average molecular weight is 160 g/mol. The highest BCUT2D eigenvalue weighted by atomic mass is 16.5. The summed E-state index contributed by atoms with van der Waals surface area (Å²) in [5, 5.41) is 0. The number of carbonyl (C=O) groups excluding carboxylic acids is 1. The highest BCUT2D eigenvalue weighted by Crippen LogP contribution is 1.98. The molecule has 1 fully saturated rings. The Morgan fingerprint density at radius 2 is 2.36 bits per heavy atom. The van der Waals surface area contributed by atoms with Crippen molar-refractivity contribution in [3.05, 3.63) is 0 Å². The van der Waals surface area contributed by atoms with E-state index in [4.69, 9.17) is 0 Å². The van der Waals surface area contributed by atoms with Gasteiger partial charge >= 0.3 is 5.97 Å². The first kappa shape index (κ1) is 8.49. The summed E-state index contributed by atoms with van der Waals surface area (Å²) in [7, 11) is 3.44. The van der Waals surface area contributed by atoms with Crippen LogP contribution in [-0.4, -0.2) is 38.8 Å². The van der Waals surface area contributed by atoms with Gasteiger partial charge in [-0.1, -0.05) is 0 Å². The maximum atomic E-state index is 11.1. The van der Waals surface area contributed by atoms with Crippen LogP contribution in [-0.2, 0) is 9.53 Å². The lowest BCUT2D eigenvalue weighted by molar-refractivity contribution is -0.887. The number of esters is 1. The van der Waals surface area contributed by atoms with E-state index in [0.29, 0.717) is 6.04 Å². The van der Waals surface area contributed by atoms with Gasteiger partial charge in [-0.05, 0) is 0 Å². The van der Waals surface area contributed by atoms with Gasteiger partial charge in [-0.15, -0.1) is 0 Å². The van der Waals surface area contributed by atoms with Crippen molar-refractivity contribution < 1.29 is 20.2 Å². The molecule has 64 valence electrons. The quantitative estimate of drug-likeness (QED) is 0.403. The summed E-state index contributed by atoms with van der Waals surface area (Å²) in [5.74, 6) is -0.103. The highest BCUT2D eigenvalue weighted by Gasteiger charge is 2.39. The highest BCUT2D eigenvalue weighted by molar-refractivity contribution is 5.74. The third-order valence-corrected chi connectivity index (χ3v) is 2.26. The van der Waals surface area contributed by atoms with E-state index in [1.807, 2.05) is 7.05 Å². The summed E-state index contributed by atoms with van der Waals surface area (Å²) < 4.78 is 4.67. The summed E-state index contributed by atoms with van der Waals surface area (Å²) in [6.45, 7) is 0.972. The predicted molar refractivity (Wildman–Crippen MR) is 38.9 cm³/mol. The number of ether oxygens (including phenoxy) is 1. The summed E-state index contributed by atoms with van der Waals surface area (Å²) in [6.07, 6.45) is 0.860. The van der Waals surface area contributed by atoms with Crippen molar-refractivity contribution in [2.45, 2.75) is 18.5 Å². The van der Waals surface area contributed by atoms with E-state index in [1.165, 1.54) is 12.0 Å². The molecule has 0 saturated carbocycles. The lowest BCUT2D eigenvalue weighted by atomic mass is 10.2. The van der Waals surface area contributed by atoms with Crippen LogP contribution in [0.1, 0.15) is 6.42 Å². The molecule has 1 saturated heterocycles. The van der Waals surface area contributed by atoms with Gasteiger partial charge < -0.3 is 15.4 Å². The van der Waals surface area contributed by atoms with Crippen LogP contribution >= 0.6 is 0 Å². The topological polar surface area (TPSA) is 58.4 Å². The van der Waals surface area contributed by atoms with Crippen LogP contribution in [0.5, 0.6) is 0 Å². The summed E-state index contributed by atoms with van der Waals surface area (Å²) in [4.78, 5) is 12.3. The number of rotatable bonds is 1. The van der Waals surface area contributed by atoms with E-state index in [9.17, 15) is 4.79 Å². The fraction of sp³-hybridized carbons (Fsp3) is 0.857. The molecule has 0 amide bonds. The molecule has 1 heterocycles. The predicted octanol–water partition coefficient (Wildman–Crippen LogP) is -2.94. The molecule has 0 spiro atoms. The average Bonchev–Trinajstić information content (AvgIpc) is 2.28. The normalized spacial score (nSPS) is 37.2. The van der Waals surface area contributed by atoms with E-state index in [2.05, 4.69) is 10.5 Å². The molecule has 1 aliphatic heterocycles. The Kier molecular flexibility index (Phi) is 2.46. The monoisotopic (exact) mass is 160 g/mol. The second kappa shape index (κ2) is 3.19. The SMILES string of the molecule is COC(=O)[C@@H]1C[C@@H]([NH3+])C[NH+]1C. The van der Waals surface area contributed by atoms with Gasteiger partial charge in [0.25, 0.3) is 0 Å². The van der Waals surface area contributed by atoms with Gasteiger partial charge in [0.1, 0.15) is 12.6 Å². The third-order valence-electron chi connectivity index (χ3n) is 2.26. The number of carbonyl (C=O) groups is 1. The number of likely N-dealkylation sites (N-methyl/N-ethyl adjacent to an activating group) is 1. The van der Waals surface area contributed by atoms with Crippen LogP contribution < -0.4 is 10.6 Å². The Balaban J connectivity index is 2.52. The van der Waals surface area contributed by atoms with Crippen LogP contribution in [0.15, 0.2) is 0 Å².